The molecule has 0 aromatic heterocycles. The van der Waals surface area contributed by atoms with Gasteiger partial charge in [0.25, 0.3) is 0 Å². The van der Waals surface area contributed by atoms with Crippen LogP contribution in [0.4, 0.5) is 0 Å². The second kappa shape index (κ2) is 10.9. The van der Waals surface area contributed by atoms with Crippen LogP contribution in [0.25, 0.3) is 0 Å². The number of aliphatic hydroxyl groups is 1. The molecule has 6 N–H and O–H groups in total. The molecule has 1 aromatic carbocycles. The van der Waals surface area contributed by atoms with Crippen molar-refractivity contribution in [3.05, 3.63) is 29.3 Å². The van der Waals surface area contributed by atoms with Crippen molar-refractivity contribution in [2.24, 2.45) is 11.8 Å². The minimum atomic E-state index is -1.36. The predicted molar refractivity (Wildman–Crippen MR) is 116 cm³/mol. The normalized spacial score (nSPS) is 24.1. The van der Waals surface area contributed by atoms with E-state index in [-0.39, 0.29) is 36.2 Å². The third-order valence-corrected chi connectivity index (χ3v) is 6.36. The van der Waals surface area contributed by atoms with Crippen LogP contribution in [0.3, 0.4) is 0 Å². The van der Waals surface area contributed by atoms with Crippen LogP contribution in [0.1, 0.15) is 41.6 Å². The third kappa shape index (κ3) is 5.76. The number of rotatable bonds is 9. The molecule has 3 rings (SSSR count). The maximum Gasteiger partial charge on any atom is 0.547 e. The number of fused-ring (bicyclic) bond motifs is 1. The second-order valence-corrected chi connectivity index (χ2v) is 8.39. The fourth-order valence-electron chi connectivity index (χ4n) is 4.58. The Morgan fingerprint density at radius 1 is 1.23 bits per heavy atom. The number of hydrogen-bond acceptors (Lipinski definition) is 7. The quantitative estimate of drug-likeness (QED) is 0.233. The minimum absolute atomic E-state index is 0.0188. The molecule has 0 radical (unpaired) electrons. The van der Waals surface area contributed by atoms with Crippen molar-refractivity contribution in [2.75, 3.05) is 26.7 Å². The monoisotopic (exact) mass is 433 g/mol. The maximum absolute atomic E-state index is 12.9. The Bertz CT molecular complexity index is 771. The SMILES string of the molecule is CNCCNC1CCC(C(CO)C(=O)N[C@H]2Cc3cccc(C(=O)O)c3OB2O)CC1. The van der Waals surface area contributed by atoms with Crippen molar-refractivity contribution in [3.8, 4) is 5.75 Å². The van der Waals surface area contributed by atoms with E-state index in [2.05, 4.69) is 16.0 Å². The van der Waals surface area contributed by atoms with Gasteiger partial charge < -0.3 is 35.8 Å². The number of benzene rings is 1. The minimum Gasteiger partial charge on any atom is -0.534 e. The molecule has 31 heavy (non-hydrogen) atoms. The molecule has 1 aromatic rings. The Labute approximate surface area is 182 Å². The van der Waals surface area contributed by atoms with Gasteiger partial charge in [-0.3, -0.25) is 4.79 Å². The molecule has 1 saturated carbocycles. The molecule has 10 heteroatoms. The summed E-state index contributed by atoms with van der Waals surface area (Å²) in [6.07, 6.45) is 3.87. The summed E-state index contributed by atoms with van der Waals surface area (Å²) in [5, 5.41) is 39.0. The number of aliphatic hydroxyl groups excluding tert-OH is 1. The van der Waals surface area contributed by atoms with Gasteiger partial charge in [0.15, 0.2) is 0 Å². The van der Waals surface area contributed by atoms with Gasteiger partial charge in [-0.25, -0.2) is 4.79 Å². The Balaban J connectivity index is 1.57. The molecule has 9 nitrogen and oxygen atoms in total. The van der Waals surface area contributed by atoms with Crippen LogP contribution in [-0.2, 0) is 11.2 Å². The van der Waals surface area contributed by atoms with Gasteiger partial charge in [-0.1, -0.05) is 12.1 Å². The third-order valence-electron chi connectivity index (χ3n) is 6.36. The fraction of sp³-hybridized carbons (Fsp3) is 0.619. The number of likely N-dealkylation sites (N-methyl/N-ethyl adjacent to an activating group) is 1. The standard InChI is InChI=1S/C21H32BN3O6/c1-23-9-10-24-15-7-5-13(6-8-15)17(12-26)20(27)25-18-11-14-3-2-4-16(21(28)29)19(14)31-22(18)30/h2-4,13,15,17-18,23-24,26,30H,5-12H2,1H3,(H,25,27)(H,28,29)/t13?,15?,17?,18-/m0/s1. The summed E-state index contributed by atoms with van der Waals surface area (Å²) in [4.78, 5) is 24.3. The molecule has 1 aliphatic heterocycles. The molecule has 1 heterocycles. The molecule has 0 saturated heterocycles. The lowest BCUT2D eigenvalue weighted by atomic mass is 9.71. The zero-order valence-corrected chi connectivity index (χ0v) is 17.8. The van der Waals surface area contributed by atoms with E-state index in [1.807, 2.05) is 7.05 Å². The zero-order chi connectivity index (χ0) is 22.4. The van der Waals surface area contributed by atoms with Gasteiger partial charge in [0.05, 0.1) is 24.0 Å². The molecule has 2 atom stereocenters. The van der Waals surface area contributed by atoms with Gasteiger partial charge in [0.2, 0.25) is 5.91 Å². The van der Waals surface area contributed by atoms with E-state index in [1.54, 1.807) is 12.1 Å². The van der Waals surface area contributed by atoms with Crippen molar-refractivity contribution in [3.63, 3.8) is 0 Å². The summed E-state index contributed by atoms with van der Waals surface area (Å²) in [6, 6.07) is 5.18. The number of para-hydroxylation sites is 1. The van der Waals surface area contributed by atoms with Gasteiger partial charge in [-0.2, -0.15) is 0 Å². The molecule has 1 unspecified atom stereocenters. The number of carboxylic acid groups (broad SMARTS) is 1. The van der Waals surface area contributed by atoms with Gasteiger partial charge in [0.1, 0.15) is 5.75 Å². The highest BCUT2D eigenvalue weighted by Gasteiger charge is 2.40. The van der Waals surface area contributed by atoms with Crippen molar-refractivity contribution < 1.29 is 29.5 Å². The van der Waals surface area contributed by atoms with Crippen LogP contribution in [0.15, 0.2) is 18.2 Å². The van der Waals surface area contributed by atoms with Crippen LogP contribution < -0.4 is 20.6 Å². The lowest BCUT2D eigenvalue weighted by Crippen LogP contribution is -2.55. The molecular weight excluding hydrogens is 401 g/mol. The molecular formula is C21H32BN3O6. The van der Waals surface area contributed by atoms with Gasteiger partial charge in [0, 0.05) is 19.1 Å². The first-order chi connectivity index (χ1) is 14.9. The molecule has 1 aliphatic carbocycles. The van der Waals surface area contributed by atoms with Crippen LogP contribution >= 0.6 is 0 Å². The summed E-state index contributed by atoms with van der Waals surface area (Å²) in [5.74, 6) is -2.48. The predicted octanol–water partition coefficient (Wildman–Crippen LogP) is -0.199. The van der Waals surface area contributed by atoms with Crippen LogP contribution in [0.5, 0.6) is 5.75 Å². The Morgan fingerprint density at radius 2 is 1.97 bits per heavy atom. The number of hydrogen-bond donors (Lipinski definition) is 6. The number of carboxylic acids is 1. The van der Waals surface area contributed by atoms with Gasteiger partial charge in [-0.05, 0) is 56.7 Å². The summed E-state index contributed by atoms with van der Waals surface area (Å²) in [7, 11) is 0.560. The van der Waals surface area contributed by atoms with E-state index in [4.69, 9.17) is 4.65 Å². The highest BCUT2D eigenvalue weighted by Crippen LogP contribution is 2.32. The summed E-state index contributed by atoms with van der Waals surface area (Å²) in [6.45, 7) is 1.56. The largest absolute Gasteiger partial charge is 0.547 e. The topological polar surface area (TPSA) is 140 Å². The lowest BCUT2D eigenvalue weighted by molar-refractivity contribution is -0.129. The molecule has 1 amide bonds. The summed E-state index contributed by atoms with van der Waals surface area (Å²) >= 11 is 0. The van der Waals surface area contributed by atoms with E-state index in [0.29, 0.717) is 11.6 Å². The average molecular weight is 433 g/mol. The number of carbonyl (C=O) groups excluding carboxylic acids is 1. The molecule has 2 aliphatic rings. The molecule has 1 fully saturated rings. The highest BCUT2D eigenvalue weighted by atomic mass is 16.5. The van der Waals surface area contributed by atoms with Crippen molar-refractivity contribution in [2.45, 2.75) is 44.1 Å². The average Bonchev–Trinajstić information content (AvgIpc) is 2.75. The van der Waals surface area contributed by atoms with Gasteiger partial charge in [-0.15, -0.1) is 0 Å². The fourth-order valence-corrected chi connectivity index (χ4v) is 4.58. The Hall–Kier alpha value is -2.14. The molecule has 170 valence electrons. The summed E-state index contributed by atoms with van der Waals surface area (Å²) in [5.41, 5.74) is 0.596. The molecule has 0 bridgehead atoms. The number of nitrogens with one attached hydrogen (secondary N) is 3. The second-order valence-electron chi connectivity index (χ2n) is 8.39. The van der Waals surface area contributed by atoms with Crippen molar-refractivity contribution in [1.82, 2.24) is 16.0 Å². The van der Waals surface area contributed by atoms with Crippen LogP contribution in [-0.4, -0.2) is 73.0 Å². The lowest BCUT2D eigenvalue weighted by Gasteiger charge is -2.34. The van der Waals surface area contributed by atoms with E-state index in [0.717, 1.165) is 38.8 Å². The van der Waals surface area contributed by atoms with E-state index in [1.165, 1.54) is 6.07 Å². The van der Waals surface area contributed by atoms with E-state index < -0.39 is 24.9 Å². The summed E-state index contributed by atoms with van der Waals surface area (Å²) < 4.78 is 5.44. The smallest absolute Gasteiger partial charge is 0.534 e. The van der Waals surface area contributed by atoms with Crippen molar-refractivity contribution >= 4 is 19.0 Å². The number of carbonyl (C=O) groups is 2. The number of aromatic carboxylic acids is 1. The van der Waals surface area contributed by atoms with E-state index >= 15 is 0 Å². The first-order valence-corrected chi connectivity index (χ1v) is 10.9. The molecule has 0 spiro atoms. The first kappa shape index (κ1) is 23.5. The van der Waals surface area contributed by atoms with Gasteiger partial charge >= 0.3 is 13.1 Å². The van der Waals surface area contributed by atoms with Crippen molar-refractivity contribution in [1.29, 1.82) is 0 Å². The highest BCUT2D eigenvalue weighted by molar-refractivity contribution is 6.47. The Kier molecular flexibility index (Phi) is 8.31. The first-order valence-electron chi connectivity index (χ1n) is 10.9. The maximum atomic E-state index is 12.9. The zero-order valence-electron chi connectivity index (χ0n) is 17.8. The van der Waals surface area contributed by atoms with Crippen LogP contribution in [0, 0.1) is 11.8 Å². The van der Waals surface area contributed by atoms with Crippen LogP contribution in [0.2, 0.25) is 0 Å². The Morgan fingerprint density at radius 3 is 2.61 bits per heavy atom. The van der Waals surface area contributed by atoms with E-state index in [9.17, 15) is 24.8 Å². The number of amides is 1.